The lowest BCUT2D eigenvalue weighted by Gasteiger charge is -2.12. The predicted molar refractivity (Wildman–Crippen MR) is 103 cm³/mol. The van der Waals surface area contributed by atoms with Gasteiger partial charge in [-0.3, -0.25) is 4.99 Å². The second-order valence-electron chi connectivity index (χ2n) is 6.76. The predicted octanol–water partition coefficient (Wildman–Crippen LogP) is 2.86. The topological polar surface area (TPSA) is 64.1 Å². The van der Waals surface area contributed by atoms with Crippen LogP contribution in [0, 0.1) is 0 Å². The summed E-state index contributed by atoms with van der Waals surface area (Å²) in [6.45, 7) is 5.67. The highest BCUT2D eigenvalue weighted by Crippen LogP contribution is 2.32. The normalized spacial score (nSPS) is 16.9. The molecular weight excluding hydrogens is 330 g/mol. The minimum atomic E-state index is 0.318. The number of ether oxygens (including phenoxy) is 3. The van der Waals surface area contributed by atoms with E-state index in [1.165, 1.54) is 31.2 Å². The lowest BCUT2D eigenvalue weighted by Crippen LogP contribution is -2.38. The third-order valence-electron chi connectivity index (χ3n) is 4.72. The SMILES string of the molecule is CCNC(=NCCCOC1CCCC1)NCCc1ccc2c(c1)OCO2. The summed E-state index contributed by atoms with van der Waals surface area (Å²) in [6.07, 6.45) is 7.47. The molecule has 0 aromatic heterocycles. The average Bonchev–Trinajstić information content (AvgIpc) is 3.32. The summed E-state index contributed by atoms with van der Waals surface area (Å²) in [5.41, 5.74) is 1.22. The molecule has 6 nitrogen and oxygen atoms in total. The van der Waals surface area contributed by atoms with Gasteiger partial charge < -0.3 is 24.8 Å². The van der Waals surface area contributed by atoms with Gasteiger partial charge in [0.15, 0.2) is 17.5 Å². The molecule has 1 heterocycles. The maximum absolute atomic E-state index is 5.89. The molecule has 2 aliphatic rings. The van der Waals surface area contributed by atoms with E-state index in [4.69, 9.17) is 14.2 Å². The first-order chi connectivity index (χ1) is 12.8. The molecule has 3 rings (SSSR count). The Morgan fingerprint density at radius 3 is 2.88 bits per heavy atom. The van der Waals surface area contributed by atoms with Crippen LogP contribution < -0.4 is 20.1 Å². The van der Waals surface area contributed by atoms with Gasteiger partial charge in [-0.15, -0.1) is 0 Å². The fourth-order valence-electron chi connectivity index (χ4n) is 3.32. The van der Waals surface area contributed by atoms with Gasteiger partial charge in [-0.1, -0.05) is 18.9 Å². The lowest BCUT2D eigenvalue weighted by molar-refractivity contribution is 0.0579. The summed E-state index contributed by atoms with van der Waals surface area (Å²) in [6, 6.07) is 6.11. The molecule has 0 spiro atoms. The highest BCUT2D eigenvalue weighted by Gasteiger charge is 2.14. The quantitative estimate of drug-likeness (QED) is 0.402. The van der Waals surface area contributed by atoms with Crippen LogP contribution in [0.15, 0.2) is 23.2 Å². The molecule has 1 aliphatic carbocycles. The van der Waals surface area contributed by atoms with Gasteiger partial charge in [-0.25, -0.2) is 0 Å². The van der Waals surface area contributed by atoms with Gasteiger partial charge in [0, 0.05) is 26.2 Å². The monoisotopic (exact) mass is 361 g/mol. The minimum Gasteiger partial charge on any atom is -0.454 e. The molecule has 1 aromatic rings. The number of nitrogens with zero attached hydrogens (tertiary/aromatic N) is 1. The number of rotatable bonds is 9. The molecule has 0 unspecified atom stereocenters. The molecule has 1 fully saturated rings. The Bertz CT molecular complexity index is 586. The van der Waals surface area contributed by atoms with Crippen LogP contribution in [0.3, 0.4) is 0 Å². The zero-order chi connectivity index (χ0) is 18.0. The van der Waals surface area contributed by atoms with E-state index in [0.717, 1.165) is 56.5 Å². The number of guanidine groups is 1. The van der Waals surface area contributed by atoms with Crippen LogP contribution in [0.25, 0.3) is 0 Å². The average molecular weight is 361 g/mol. The molecule has 1 aromatic carbocycles. The third kappa shape index (κ3) is 5.80. The molecule has 0 amide bonds. The number of aliphatic imine (C=N–C) groups is 1. The molecule has 26 heavy (non-hydrogen) atoms. The van der Waals surface area contributed by atoms with Crippen LogP contribution in [0.2, 0.25) is 0 Å². The maximum Gasteiger partial charge on any atom is 0.231 e. The number of hydrogen-bond acceptors (Lipinski definition) is 4. The Morgan fingerprint density at radius 2 is 2.04 bits per heavy atom. The molecule has 144 valence electrons. The largest absolute Gasteiger partial charge is 0.454 e. The molecule has 6 heteroatoms. The maximum atomic E-state index is 5.89. The van der Waals surface area contributed by atoms with Gasteiger partial charge in [0.2, 0.25) is 6.79 Å². The molecule has 0 radical (unpaired) electrons. The Labute approximate surface area is 156 Å². The smallest absolute Gasteiger partial charge is 0.231 e. The van der Waals surface area contributed by atoms with E-state index in [-0.39, 0.29) is 0 Å². The van der Waals surface area contributed by atoms with Gasteiger partial charge in [-0.05, 0) is 50.3 Å². The van der Waals surface area contributed by atoms with Crippen molar-refractivity contribution in [1.29, 1.82) is 0 Å². The van der Waals surface area contributed by atoms with Gasteiger partial charge >= 0.3 is 0 Å². The zero-order valence-electron chi connectivity index (χ0n) is 15.8. The summed E-state index contributed by atoms with van der Waals surface area (Å²) >= 11 is 0. The summed E-state index contributed by atoms with van der Waals surface area (Å²) < 4.78 is 16.7. The van der Waals surface area contributed by atoms with Crippen LogP contribution in [-0.4, -0.2) is 45.1 Å². The molecule has 0 atom stereocenters. The Morgan fingerprint density at radius 1 is 1.19 bits per heavy atom. The van der Waals surface area contributed by atoms with E-state index in [2.05, 4.69) is 34.7 Å². The fourth-order valence-corrected chi connectivity index (χ4v) is 3.32. The van der Waals surface area contributed by atoms with E-state index < -0.39 is 0 Å². The van der Waals surface area contributed by atoms with Crippen LogP contribution in [-0.2, 0) is 11.2 Å². The highest BCUT2D eigenvalue weighted by atomic mass is 16.7. The van der Waals surface area contributed by atoms with Gasteiger partial charge in [0.25, 0.3) is 0 Å². The number of nitrogens with one attached hydrogen (secondary N) is 2. The van der Waals surface area contributed by atoms with Crippen LogP contribution in [0.5, 0.6) is 11.5 Å². The van der Waals surface area contributed by atoms with E-state index in [1.807, 2.05) is 6.07 Å². The van der Waals surface area contributed by atoms with Crippen LogP contribution in [0.1, 0.15) is 44.6 Å². The molecule has 2 N–H and O–H groups in total. The van der Waals surface area contributed by atoms with Gasteiger partial charge in [0.1, 0.15) is 0 Å². The summed E-state index contributed by atoms with van der Waals surface area (Å²) in [7, 11) is 0. The molecule has 1 aliphatic heterocycles. The second-order valence-corrected chi connectivity index (χ2v) is 6.76. The number of fused-ring (bicyclic) bond motifs is 1. The lowest BCUT2D eigenvalue weighted by atomic mass is 10.1. The standard InChI is InChI=1S/C20H31N3O3/c1-2-21-20(22-11-5-13-24-17-6-3-4-7-17)23-12-10-16-8-9-18-19(14-16)26-15-25-18/h8-9,14,17H,2-7,10-13,15H2,1H3,(H2,21,22,23). The van der Waals surface area contributed by atoms with Crippen molar-refractivity contribution >= 4 is 5.96 Å². The van der Waals surface area contributed by atoms with Gasteiger partial charge in [0.05, 0.1) is 6.10 Å². The van der Waals surface area contributed by atoms with E-state index >= 15 is 0 Å². The van der Waals surface area contributed by atoms with E-state index in [1.54, 1.807) is 0 Å². The Hall–Kier alpha value is -1.95. The van der Waals surface area contributed by atoms with Gasteiger partial charge in [-0.2, -0.15) is 0 Å². The van der Waals surface area contributed by atoms with Crippen molar-refractivity contribution < 1.29 is 14.2 Å². The first-order valence-corrected chi connectivity index (χ1v) is 9.87. The van der Waals surface area contributed by atoms with E-state index in [9.17, 15) is 0 Å². The van der Waals surface area contributed by atoms with Crippen LogP contribution >= 0.6 is 0 Å². The summed E-state index contributed by atoms with van der Waals surface area (Å²) in [5, 5.41) is 6.69. The van der Waals surface area contributed by atoms with Crippen molar-refractivity contribution in [3.63, 3.8) is 0 Å². The third-order valence-corrected chi connectivity index (χ3v) is 4.72. The second kappa shape index (κ2) is 10.3. The zero-order valence-corrected chi connectivity index (χ0v) is 15.8. The first kappa shape index (κ1) is 18.8. The van der Waals surface area contributed by atoms with Crippen molar-refractivity contribution in [3.8, 4) is 11.5 Å². The molecule has 0 saturated heterocycles. The number of hydrogen-bond donors (Lipinski definition) is 2. The Kier molecular flexibility index (Phi) is 7.43. The minimum absolute atomic E-state index is 0.318. The molecule has 0 bridgehead atoms. The van der Waals surface area contributed by atoms with Crippen molar-refractivity contribution in [2.24, 2.45) is 4.99 Å². The van der Waals surface area contributed by atoms with E-state index in [0.29, 0.717) is 12.9 Å². The molecule has 1 saturated carbocycles. The van der Waals surface area contributed by atoms with Crippen LogP contribution in [0.4, 0.5) is 0 Å². The van der Waals surface area contributed by atoms with Crippen molar-refractivity contribution in [2.75, 3.05) is 33.0 Å². The number of benzene rings is 1. The molecular formula is C20H31N3O3. The summed E-state index contributed by atoms with van der Waals surface area (Å²) in [4.78, 5) is 4.64. The Balaban J connectivity index is 1.35. The fraction of sp³-hybridized carbons (Fsp3) is 0.650. The summed E-state index contributed by atoms with van der Waals surface area (Å²) in [5.74, 6) is 2.54. The highest BCUT2D eigenvalue weighted by molar-refractivity contribution is 5.79. The first-order valence-electron chi connectivity index (χ1n) is 9.87. The van der Waals surface area contributed by atoms with Crippen molar-refractivity contribution in [3.05, 3.63) is 23.8 Å². The van der Waals surface area contributed by atoms with Crippen molar-refractivity contribution in [2.45, 2.75) is 51.6 Å². The van der Waals surface area contributed by atoms with Crippen molar-refractivity contribution in [1.82, 2.24) is 10.6 Å².